The van der Waals surface area contributed by atoms with E-state index < -0.39 is 0 Å². The molecule has 1 aromatic rings. The topological polar surface area (TPSA) is 76.4 Å². The molecule has 0 spiro atoms. The Bertz CT molecular complexity index is 559. The number of aryl methyl sites for hydroxylation is 1. The number of aliphatic imine (C=N–C) groups is 1. The van der Waals surface area contributed by atoms with Crippen molar-refractivity contribution in [2.75, 3.05) is 26.2 Å². The van der Waals surface area contributed by atoms with Gasteiger partial charge < -0.3 is 19.9 Å². The van der Waals surface area contributed by atoms with Crippen molar-refractivity contribution in [3.05, 3.63) is 12.2 Å². The minimum absolute atomic E-state index is 0. The number of aromatic nitrogens is 3. The number of guanidine groups is 1. The summed E-state index contributed by atoms with van der Waals surface area (Å²) in [5.41, 5.74) is 0. The maximum atomic E-state index is 5.86. The van der Waals surface area contributed by atoms with Gasteiger partial charge in [0.1, 0.15) is 12.2 Å². The predicted molar refractivity (Wildman–Crippen MR) is 130 cm³/mol. The summed E-state index contributed by atoms with van der Waals surface area (Å²) in [5.74, 6) is 2.58. The van der Waals surface area contributed by atoms with Crippen molar-refractivity contribution >= 4 is 29.9 Å². The van der Waals surface area contributed by atoms with Gasteiger partial charge in [0.2, 0.25) is 0 Å². The van der Waals surface area contributed by atoms with Crippen molar-refractivity contribution in [2.45, 2.75) is 84.8 Å². The maximum absolute atomic E-state index is 5.86. The summed E-state index contributed by atoms with van der Waals surface area (Å²) in [7, 11) is 0. The Hall–Kier alpha value is -0.900. The molecule has 0 amide bonds. The molecule has 2 atom stereocenters. The molecule has 29 heavy (non-hydrogen) atoms. The lowest BCUT2D eigenvalue weighted by molar-refractivity contribution is 0.0194. The van der Waals surface area contributed by atoms with Gasteiger partial charge in [-0.3, -0.25) is 4.99 Å². The highest BCUT2D eigenvalue weighted by molar-refractivity contribution is 14.0. The van der Waals surface area contributed by atoms with Gasteiger partial charge in [-0.25, -0.2) is 0 Å². The van der Waals surface area contributed by atoms with Crippen LogP contribution >= 0.6 is 24.0 Å². The molecule has 0 aliphatic carbocycles. The van der Waals surface area contributed by atoms with Crippen LogP contribution in [0, 0.1) is 5.92 Å². The predicted octanol–water partition coefficient (Wildman–Crippen LogP) is 3.78. The zero-order valence-electron chi connectivity index (χ0n) is 18.5. The van der Waals surface area contributed by atoms with E-state index in [0.29, 0.717) is 12.0 Å². The summed E-state index contributed by atoms with van der Waals surface area (Å²) in [5, 5.41) is 15.2. The summed E-state index contributed by atoms with van der Waals surface area (Å²) in [6, 6.07) is 0. The molecular formula is C21H41IN6O. The Morgan fingerprint density at radius 1 is 1.31 bits per heavy atom. The van der Waals surface area contributed by atoms with Crippen LogP contribution in [0.1, 0.15) is 71.5 Å². The van der Waals surface area contributed by atoms with Gasteiger partial charge in [0.15, 0.2) is 5.96 Å². The van der Waals surface area contributed by atoms with Gasteiger partial charge in [0.05, 0.1) is 6.10 Å². The highest BCUT2D eigenvalue weighted by Crippen LogP contribution is 2.13. The summed E-state index contributed by atoms with van der Waals surface area (Å²) in [6.45, 7) is 10.9. The SMILES string of the molecule is CCCCC(CC)CN=C(NCCn1cnnc1CC)NCC1CCCCO1.I. The smallest absolute Gasteiger partial charge is 0.191 e. The van der Waals surface area contributed by atoms with Gasteiger partial charge in [-0.1, -0.05) is 40.0 Å². The molecule has 1 aliphatic heterocycles. The van der Waals surface area contributed by atoms with Crippen LogP contribution in [0.2, 0.25) is 0 Å². The summed E-state index contributed by atoms with van der Waals surface area (Å²) in [6.07, 6.45) is 11.6. The first-order valence-corrected chi connectivity index (χ1v) is 11.3. The van der Waals surface area contributed by atoms with E-state index in [1.165, 1.54) is 38.5 Å². The molecule has 0 radical (unpaired) electrons. The Labute approximate surface area is 193 Å². The van der Waals surface area contributed by atoms with E-state index >= 15 is 0 Å². The first-order chi connectivity index (χ1) is 13.8. The monoisotopic (exact) mass is 520 g/mol. The summed E-state index contributed by atoms with van der Waals surface area (Å²) >= 11 is 0. The first kappa shape index (κ1) is 26.1. The molecule has 2 heterocycles. The molecule has 0 aromatic carbocycles. The second kappa shape index (κ2) is 15.9. The Morgan fingerprint density at radius 3 is 2.86 bits per heavy atom. The molecule has 8 heteroatoms. The first-order valence-electron chi connectivity index (χ1n) is 11.3. The van der Waals surface area contributed by atoms with Crippen LogP contribution in [-0.4, -0.2) is 53.1 Å². The number of unbranched alkanes of at least 4 members (excludes halogenated alkanes) is 1. The fraction of sp³-hybridized carbons (Fsp3) is 0.857. The van der Waals surface area contributed by atoms with Gasteiger partial charge in [-0.15, -0.1) is 34.2 Å². The molecule has 1 saturated heterocycles. The van der Waals surface area contributed by atoms with Crippen molar-refractivity contribution in [1.29, 1.82) is 0 Å². The van der Waals surface area contributed by atoms with Gasteiger partial charge in [0.25, 0.3) is 0 Å². The normalized spacial score (nSPS) is 18.2. The van der Waals surface area contributed by atoms with Gasteiger partial charge >= 0.3 is 0 Å². The van der Waals surface area contributed by atoms with Crippen LogP contribution in [0.25, 0.3) is 0 Å². The molecule has 0 bridgehead atoms. The van der Waals surface area contributed by atoms with Crippen molar-refractivity contribution in [3.63, 3.8) is 0 Å². The van der Waals surface area contributed by atoms with E-state index in [4.69, 9.17) is 9.73 Å². The third kappa shape index (κ3) is 10.1. The second-order valence-electron chi connectivity index (χ2n) is 7.70. The van der Waals surface area contributed by atoms with Gasteiger partial charge in [-0.05, 0) is 31.6 Å². The number of halogens is 1. The maximum Gasteiger partial charge on any atom is 0.191 e. The Kier molecular flexibility index (Phi) is 14.3. The van der Waals surface area contributed by atoms with Gasteiger partial charge in [-0.2, -0.15) is 0 Å². The summed E-state index contributed by atoms with van der Waals surface area (Å²) in [4.78, 5) is 4.89. The number of nitrogens with zero attached hydrogens (tertiary/aromatic N) is 4. The zero-order valence-corrected chi connectivity index (χ0v) is 20.9. The zero-order chi connectivity index (χ0) is 20.0. The van der Waals surface area contributed by atoms with Crippen LogP contribution in [0.4, 0.5) is 0 Å². The second-order valence-corrected chi connectivity index (χ2v) is 7.70. The van der Waals surface area contributed by atoms with Crippen LogP contribution in [0.15, 0.2) is 11.3 Å². The standard InChI is InChI=1S/C21H40N6O.HI/c1-4-7-10-18(5-2)15-23-21(24-16-19-11-8-9-14-28-19)22-12-13-27-17-25-26-20(27)6-3;/h17-19H,4-16H2,1-3H3,(H2,22,23,24);1H. The van der Waals surface area contributed by atoms with E-state index in [1.807, 2.05) is 0 Å². The minimum atomic E-state index is 0. The number of hydrogen-bond donors (Lipinski definition) is 2. The average molecular weight is 521 g/mol. The third-order valence-corrected chi connectivity index (χ3v) is 5.48. The van der Waals surface area contributed by atoms with Crippen molar-refractivity contribution in [3.8, 4) is 0 Å². The molecule has 1 aliphatic rings. The van der Waals surface area contributed by atoms with Crippen molar-refractivity contribution in [1.82, 2.24) is 25.4 Å². The van der Waals surface area contributed by atoms with Crippen LogP contribution in [0.5, 0.6) is 0 Å². The molecule has 1 fully saturated rings. The molecule has 1 aromatic heterocycles. The lowest BCUT2D eigenvalue weighted by Crippen LogP contribution is -2.43. The third-order valence-electron chi connectivity index (χ3n) is 5.48. The van der Waals surface area contributed by atoms with E-state index in [1.54, 1.807) is 6.33 Å². The number of ether oxygens (including phenoxy) is 1. The van der Waals surface area contributed by atoms with Crippen LogP contribution < -0.4 is 10.6 Å². The number of rotatable bonds is 12. The Morgan fingerprint density at radius 2 is 2.17 bits per heavy atom. The molecule has 2 N–H and O–H groups in total. The quantitative estimate of drug-likeness (QED) is 0.249. The highest BCUT2D eigenvalue weighted by Gasteiger charge is 2.14. The van der Waals surface area contributed by atoms with Gasteiger partial charge in [0, 0.05) is 39.2 Å². The van der Waals surface area contributed by atoms with Crippen molar-refractivity contribution < 1.29 is 4.74 Å². The lowest BCUT2D eigenvalue weighted by Gasteiger charge is -2.24. The van der Waals surface area contributed by atoms with E-state index in [9.17, 15) is 0 Å². The number of hydrogen-bond acceptors (Lipinski definition) is 4. The minimum Gasteiger partial charge on any atom is -0.376 e. The van der Waals surface area contributed by atoms with E-state index in [2.05, 4.69) is 46.2 Å². The van der Waals surface area contributed by atoms with Crippen molar-refractivity contribution in [2.24, 2.45) is 10.9 Å². The fourth-order valence-corrected chi connectivity index (χ4v) is 3.53. The molecule has 2 unspecified atom stereocenters. The number of nitrogens with one attached hydrogen (secondary N) is 2. The average Bonchev–Trinajstić information content (AvgIpc) is 3.19. The Balaban J connectivity index is 0.00000420. The molecule has 168 valence electrons. The molecule has 7 nitrogen and oxygen atoms in total. The fourth-order valence-electron chi connectivity index (χ4n) is 3.53. The van der Waals surface area contributed by atoms with Crippen LogP contribution in [-0.2, 0) is 17.7 Å². The molecule has 2 rings (SSSR count). The van der Waals surface area contributed by atoms with E-state index in [0.717, 1.165) is 57.4 Å². The summed E-state index contributed by atoms with van der Waals surface area (Å²) < 4.78 is 7.96. The molecular weight excluding hydrogens is 479 g/mol. The molecule has 0 saturated carbocycles. The van der Waals surface area contributed by atoms with Crippen LogP contribution in [0.3, 0.4) is 0 Å². The largest absolute Gasteiger partial charge is 0.376 e. The highest BCUT2D eigenvalue weighted by atomic mass is 127. The van der Waals surface area contributed by atoms with E-state index in [-0.39, 0.29) is 24.0 Å². The lowest BCUT2D eigenvalue weighted by atomic mass is 10.00.